The summed E-state index contributed by atoms with van der Waals surface area (Å²) in [4.78, 5) is 0. The molecule has 0 aliphatic carbocycles. The molecule has 0 amide bonds. The molecule has 0 aliphatic rings. The molecule has 1 unspecified atom stereocenters. The highest BCUT2D eigenvalue weighted by Gasteiger charge is 2.18. The van der Waals surface area contributed by atoms with Crippen LogP contribution in [0.1, 0.15) is 31.4 Å². The fourth-order valence-corrected chi connectivity index (χ4v) is 1.77. The molecule has 1 aromatic carbocycles. The first kappa shape index (κ1) is 11.7. The first-order valence-electron chi connectivity index (χ1n) is 4.92. The van der Waals surface area contributed by atoms with Crippen molar-refractivity contribution >= 4 is 15.9 Å². The minimum Gasteiger partial charge on any atom is -0.390 e. The van der Waals surface area contributed by atoms with Gasteiger partial charge < -0.3 is 5.11 Å². The van der Waals surface area contributed by atoms with Crippen molar-refractivity contribution in [2.45, 2.75) is 39.2 Å². The van der Waals surface area contributed by atoms with E-state index in [9.17, 15) is 5.11 Å². The molecule has 1 N–H and O–H groups in total. The molecule has 0 heterocycles. The van der Waals surface area contributed by atoms with Crippen LogP contribution in [0.2, 0.25) is 0 Å². The quantitative estimate of drug-likeness (QED) is 0.879. The lowest BCUT2D eigenvalue weighted by molar-refractivity contribution is 0.0563. The molecule has 1 aromatic rings. The summed E-state index contributed by atoms with van der Waals surface area (Å²) < 4.78 is 1.07. The van der Waals surface area contributed by atoms with Crippen molar-refractivity contribution in [3.05, 3.63) is 33.8 Å². The molecule has 1 rings (SSSR count). The fourth-order valence-electron chi connectivity index (χ4n) is 1.37. The molecular formula is C12H17BrO. The lowest BCUT2D eigenvalue weighted by atomic mass is 9.92. The Kier molecular flexibility index (Phi) is 3.73. The van der Waals surface area contributed by atoms with Crippen molar-refractivity contribution in [1.82, 2.24) is 0 Å². The summed E-state index contributed by atoms with van der Waals surface area (Å²) in [5.41, 5.74) is 1.86. The van der Waals surface area contributed by atoms with Crippen LogP contribution >= 0.6 is 15.9 Å². The monoisotopic (exact) mass is 256 g/mol. The Balaban J connectivity index is 2.91. The second-order valence-corrected chi connectivity index (χ2v) is 5.01. The minimum atomic E-state index is -0.592. The van der Waals surface area contributed by atoms with Crippen LogP contribution in [0.15, 0.2) is 22.7 Å². The average Bonchev–Trinajstić information content (AvgIpc) is 2.11. The smallest absolute Gasteiger partial charge is 0.0657 e. The number of halogens is 1. The van der Waals surface area contributed by atoms with Gasteiger partial charge in [0.1, 0.15) is 0 Å². The van der Waals surface area contributed by atoms with E-state index >= 15 is 0 Å². The summed E-state index contributed by atoms with van der Waals surface area (Å²) in [6, 6.07) is 6.18. The third kappa shape index (κ3) is 3.10. The standard InChI is InChI=1S/C12H17BrO/c1-4-12(3,14)8-10-7-11(13)6-5-9(10)2/h5-7,14H,4,8H2,1-3H3. The molecule has 0 radical (unpaired) electrons. The molecule has 78 valence electrons. The fraction of sp³-hybridized carbons (Fsp3) is 0.500. The first-order chi connectivity index (χ1) is 6.44. The number of hydrogen-bond donors (Lipinski definition) is 1. The van der Waals surface area contributed by atoms with Crippen LogP contribution in [0.25, 0.3) is 0 Å². The Bertz CT molecular complexity index is 318. The van der Waals surface area contributed by atoms with Crippen molar-refractivity contribution in [3.8, 4) is 0 Å². The zero-order valence-corrected chi connectivity index (χ0v) is 10.6. The van der Waals surface area contributed by atoms with Gasteiger partial charge in [0.25, 0.3) is 0 Å². The molecule has 0 saturated heterocycles. The Hall–Kier alpha value is -0.340. The minimum absolute atomic E-state index is 0.592. The van der Waals surface area contributed by atoms with Crippen molar-refractivity contribution in [2.75, 3.05) is 0 Å². The second-order valence-electron chi connectivity index (χ2n) is 4.10. The summed E-state index contributed by atoms with van der Waals surface area (Å²) >= 11 is 3.44. The molecule has 0 aliphatic heterocycles. The Morgan fingerprint density at radius 1 is 1.43 bits per heavy atom. The van der Waals surface area contributed by atoms with E-state index < -0.39 is 5.60 Å². The number of benzene rings is 1. The molecule has 2 heteroatoms. The van der Waals surface area contributed by atoms with Gasteiger partial charge >= 0.3 is 0 Å². The van der Waals surface area contributed by atoms with E-state index in [2.05, 4.69) is 35.0 Å². The molecule has 0 spiro atoms. The molecule has 1 nitrogen and oxygen atoms in total. The van der Waals surface area contributed by atoms with Gasteiger partial charge in [-0.1, -0.05) is 28.9 Å². The van der Waals surface area contributed by atoms with Crippen molar-refractivity contribution in [1.29, 1.82) is 0 Å². The van der Waals surface area contributed by atoms with E-state index in [1.54, 1.807) is 0 Å². The van der Waals surface area contributed by atoms with E-state index in [0.29, 0.717) is 0 Å². The SMILES string of the molecule is CCC(C)(O)Cc1cc(Br)ccc1C. The molecular weight excluding hydrogens is 240 g/mol. The second kappa shape index (κ2) is 4.45. The van der Waals surface area contributed by atoms with Gasteiger partial charge in [-0.3, -0.25) is 0 Å². The highest BCUT2D eigenvalue weighted by molar-refractivity contribution is 9.10. The highest BCUT2D eigenvalue weighted by Crippen LogP contribution is 2.22. The zero-order chi connectivity index (χ0) is 10.8. The predicted octanol–water partition coefficient (Wildman–Crippen LogP) is 3.46. The van der Waals surface area contributed by atoms with Crippen LogP contribution in [-0.4, -0.2) is 10.7 Å². The van der Waals surface area contributed by atoms with Crippen LogP contribution in [0.4, 0.5) is 0 Å². The number of aliphatic hydroxyl groups is 1. The maximum atomic E-state index is 9.98. The summed E-state index contributed by atoms with van der Waals surface area (Å²) in [5, 5.41) is 9.98. The summed E-state index contributed by atoms with van der Waals surface area (Å²) in [5.74, 6) is 0. The number of aryl methyl sites for hydroxylation is 1. The molecule has 14 heavy (non-hydrogen) atoms. The van der Waals surface area contributed by atoms with Crippen LogP contribution in [0.3, 0.4) is 0 Å². The van der Waals surface area contributed by atoms with Gasteiger partial charge in [0.15, 0.2) is 0 Å². The molecule has 1 atom stereocenters. The van der Waals surface area contributed by atoms with Crippen LogP contribution in [0.5, 0.6) is 0 Å². The third-order valence-electron chi connectivity index (χ3n) is 2.64. The lowest BCUT2D eigenvalue weighted by Gasteiger charge is -2.22. The topological polar surface area (TPSA) is 20.2 Å². The van der Waals surface area contributed by atoms with Gasteiger partial charge in [0.2, 0.25) is 0 Å². The normalized spacial score (nSPS) is 15.2. The Morgan fingerprint density at radius 2 is 2.07 bits per heavy atom. The van der Waals surface area contributed by atoms with Crippen LogP contribution in [0, 0.1) is 6.92 Å². The largest absolute Gasteiger partial charge is 0.390 e. The van der Waals surface area contributed by atoms with E-state index in [4.69, 9.17) is 0 Å². The predicted molar refractivity (Wildman–Crippen MR) is 63.5 cm³/mol. The highest BCUT2D eigenvalue weighted by atomic mass is 79.9. The van der Waals surface area contributed by atoms with Crippen molar-refractivity contribution in [2.24, 2.45) is 0 Å². The van der Waals surface area contributed by atoms with E-state index in [1.165, 1.54) is 11.1 Å². The van der Waals surface area contributed by atoms with Crippen molar-refractivity contribution in [3.63, 3.8) is 0 Å². The molecule has 0 aromatic heterocycles. The summed E-state index contributed by atoms with van der Waals surface area (Å²) in [6.07, 6.45) is 1.49. The van der Waals surface area contributed by atoms with E-state index in [-0.39, 0.29) is 0 Å². The first-order valence-corrected chi connectivity index (χ1v) is 5.71. The third-order valence-corrected chi connectivity index (χ3v) is 3.14. The van der Waals surface area contributed by atoms with Gasteiger partial charge in [-0.15, -0.1) is 0 Å². The molecule has 0 bridgehead atoms. The Morgan fingerprint density at radius 3 is 2.64 bits per heavy atom. The average molecular weight is 257 g/mol. The molecule has 0 fully saturated rings. The summed E-state index contributed by atoms with van der Waals surface area (Å²) in [7, 11) is 0. The van der Waals surface area contributed by atoms with Gasteiger partial charge in [-0.05, 0) is 43.5 Å². The number of rotatable bonds is 3. The van der Waals surface area contributed by atoms with Gasteiger partial charge in [-0.2, -0.15) is 0 Å². The van der Waals surface area contributed by atoms with Crippen molar-refractivity contribution < 1.29 is 5.11 Å². The lowest BCUT2D eigenvalue weighted by Crippen LogP contribution is -2.26. The van der Waals surface area contributed by atoms with E-state index in [1.807, 2.05) is 19.9 Å². The van der Waals surface area contributed by atoms with Crippen LogP contribution in [-0.2, 0) is 6.42 Å². The number of hydrogen-bond acceptors (Lipinski definition) is 1. The van der Waals surface area contributed by atoms with Crippen LogP contribution < -0.4 is 0 Å². The maximum absolute atomic E-state index is 9.98. The summed E-state index contributed by atoms with van der Waals surface area (Å²) in [6.45, 7) is 5.97. The van der Waals surface area contributed by atoms with Gasteiger partial charge in [0.05, 0.1) is 5.60 Å². The zero-order valence-electron chi connectivity index (χ0n) is 8.97. The Labute approximate surface area is 94.3 Å². The molecule has 0 saturated carbocycles. The van der Waals surface area contributed by atoms with Gasteiger partial charge in [0, 0.05) is 10.9 Å². The maximum Gasteiger partial charge on any atom is 0.0657 e. The van der Waals surface area contributed by atoms with E-state index in [0.717, 1.165) is 17.3 Å². The van der Waals surface area contributed by atoms with Gasteiger partial charge in [-0.25, -0.2) is 0 Å².